The predicted molar refractivity (Wildman–Crippen MR) is 93.9 cm³/mol. The Labute approximate surface area is 144 Å². The number of urea groups is 2. The zero-order valence-electron chi connectivity index (χ0n) is 15.4. The van der Waals surface area contributed by atoms with Crippen LogP contribution in [0, 0.1) is 0 Å². The van der Waals surface area contributed by atoms with Crippen LogP contribution in [0.4, 0.5) is 9.59 Å². The molecule has 0 saturated heterocycles. The molecule has 0 aliphatic rings. The van der Waals surface area contributed by atoms with E-state index in [-0.39, 0.29) is 25.3 Å². The van der Waals surface area contributed by atoms with E-state index in [2.05, 4.69) is 21.3 Å². The molecule has 6 N–H and O–H groups in total. The number of amides is 4. The first-order chi connectivity index (χ1) is 11.1. The highest BCUT2D eigenvalue weighted by Gasteiger charge is 2.19. The smallest absolute Gasteiger partial charge is 0.315 e. The number of nitrogens with one attached hydrogen (secondary N) is 4. The van der Waals surface area contributed by atoms with Gasteiger partial charge in [0.05, 0.1) is 24.3 Å². The van der Waals surface area contributed by atoms with Gasteiger partial charge in [-0.05, 0) is 40.5 Å². The van der Waals surface area contributed by atoms with Crippen LogP contribution in [-0.4, -0.2) is 59.7 Å². The number of carbonyl (C=O) groups is 2. The average Bonchev–Trinajstić information content (AvgIpc) is 2.49. The van der Waals surface area contributed by atoms with E-state index in [1.807, 2.05) is 0 Å². The largest absolute Gasteiger partial charge is 0.394 e. The summed E-state index contributed by atoms with van der Waals surface area (Å²) in [5.41, 5.74) is -1.25. The number of rotatable bonds is 11. The lowest BCUT2D eigenvalue weighted by molar-refractivity contribution is 0.181. The van der Waals surface area contributed by atoms with Crippen LogP contribution in [0.1, 0.15) is 53.4 Å². The second kappa shape index (κ2) is 11.1. The lowest BCUT2D eigenvalue weighted by atomic mass is 10.1. The molecule has 0 aromatic heterocycles. The maximum Gasteiger partial charge on any atom is 0.315 e. The fourth-order valence-corrected chi connectivity index (χ4v) is 1.79. The van der Waals surface area contributed by atoms with Gasteiger partial charge in [-0.3, -0.25) is 0 Å². The van der Waals surface area contributed by atoms with Crippen molar-refractivity contribution in [3.05, 3.63) is 0 Å². The third-order valence-corrected chi connectivity index (χ3v) is 3.37. The van der Waals surface area contributed by atoms with Crippen molar-refractivity contribution in [2.24, 2.45) is 0 Å². The SMILES string of the molecule is CC(C)(CO)NC(=O)NCCCCCCNC(=O)NC(C)(C)CO. The van der Waals surface area contributed by atoms with E-state index in [1.54, 1.807) is 27.7 Å². The fraction of sp³-hybridized carbons (Fsp3) is 0.875. The van der Waals surface area contributed by atoms with Crippen LogP contribution in [0.25, 0.3) is 0 Å². The van der Waals surface area contributed by atoms with Crippen LogP contribution in [-0.2, 0) is 0 Å². The molecule has 0 aromatic rings. The minimum Gasteiger partial charge on any atom is -0.394 e. The van der Waals surface area contributed by atoms with Gasteiger partial charge in [-0.2, -0.15) is 0 Å². The number of hydrogen-bond acceptors (Lipinski definition) is 4. The molecule has 0 atom stereocenters. The van der Waals surface area contributed by atoms with Crippen molar-refractivity contribution in [2.45, 2.75) is 64.5 Å². The van der Waals surface area contributed by atoms with E-state index in [9.17, 15) is 9.59 Å². The minimum absolute atomic E-state index is 0.115. The van der Waals surface area contributed by atoms with Crippen molar-refractivity contribution in [1.29, 1.82) is 0 Å². The summed E-state index contributed by atoms with van der Waals surface area (Å²) in [5.74, 6) is 0. The lowest BCUT2D eigenvalue weighted by Crippen LogP contribution is -2.50. The second-order valence-corrected chi connectivity index (χ2v) is 7.26. The van der Waals surface area contributed by atoms with E-state index in [0.717, 1.165) is 25.7 Å². The highest BCUT2D eigenvalue weighted by molar-refractivity contribution is 5.75. The first-order valence-corrected chi connectivity index (χ1v) is 8.45. The second-order valence-electron chi connectivity index (χ2n) is 7.26. The minimum atomic E-state index is -0.624. The molecule has 142 valence electrons. The van der Waals surface area contributed by atoms with Gasteiger partial charge in [-0.25, -0.2) is 9.59 Å². The van der Waals surface area contributed by atoms with Gasteiger partial charge in [0.2, 0.25) is 0 Å². The van der Waals surface area contributed by atoms with Crippen molar-refractivity contribution in [1.82, 2.24) is 21.3 Å². The Bertz CT molecular complexity index is 350. The molecule has 24 heavy (non-hydrogen) atoms. The van der Waals surface area contributed by atoms with Gasteiger partial charge in [0, 0.05) is 13.1 Å². The Kier molecular flexibility index (Phi) is 10.4. The Morgan fingerprint density at radius 3 is 1.33 bits per heavy atom. The van der Waals surface area contributed by atoms with Crippen molar-refractivity contribution < 1.29 is 19.8 Å². The number of aliphatic hydroxyl groups excluding tert-OH is 2. The summed E-state index contributed by atoms with van der Waals surface area (Å²) in [6.45, 7) is 7.91. The zero-order valence-corrected chi connectivity index (χ0v) is 15.4. The molecule has 8 heteroatoms. The van der Waals surface area contributed by atoms with Crippen molar-refractivity contribution in [2.75, 3.05) is 26.3 Å². The molecule has 0 heterocycles. The summed E-state index contributed by atoms with van der Waals surface area (Å²) in [6.07, 6.45) is 3.62. The third-order valence-electron chi connectivity index (χ3n) is 3.37. The van der Waals surface area contributed by atoms with E-state index in [1.165, 1.54) is 0 Å². The Hall–Kier alpha value is -1.54. The lowest BCUT2D eigenvalue weighted by Gasteiger charge is -2.23. The highest BCUT2D eigenvalue weighted by atomic mass is 16.3. The molecule has 0 aromatic carbocycles. The third kappa shape index (κ3) is 12.0. The molecule has 0 spiro atoms. The quantitative estimate of drug-likeness (QED) is 0.308. The highest BCUT2D eigenvalue weighted by Crippen LogP contribution is 2.01. The molecular formula is C16H34N4O4. The van der Waals surface area contributed by atoms with Crippen LogP contribution in [0.2, 0.25) is 0 Å². The number of aliphatic hydroxyl groups is 2. The predicted octanol–water partition coefficient (Wildman–Crippen LogP) is 0.687. The Morgan fingerprint density at radius 1 is 0.708 bits per heavy atom. The van der Waals surface area contributed by atoms with E-state index < -0.39 is 11.1 Å². The molecule has 0 rings (SSSR count). The van der Waals surface area contributed by atoms with Gasteiger partial charge < -0.3 is 31.5 Å². The van der Waals surface area contributed by atoms with Gasteiger partial charge in [0.1, 0.15) is 0 Å². The van der Waals surface area contributed by atoms with Crippen LogP contribution in [0.5, 0.6) is 0 Å². The topological polar surface area (TPSA) is 123 Å². The summed E-state index contributed by atoms with van der Waals surface area (Å²) in [6, 6.07) is -0.558. The molecule has 0 bridgehead atoms. The summed E-state index contributed by atoms with van der Waals surface area (Å²) in [4.78, 5) is 23.1. The van der Waals surface area contributed by atoms with Gasteiger partial charge >= 0.3 is 12.1 Å². The molecule has 0 radical (unpaired) electrons. The zero-order chi connectivity index (χ0) is 18.6. The van der Waals surface area contributed by atoms with E-state index >= 15 is 0 Å². The van der Waals surface area contributed by atoms with Gasteiger partial charge in [0.25, 0.3) is 0 Å². The molecule has 8 nitrogen and oxygen atoms in total. The van der Waals surface area contributed by atoms with Crippen molar-refractivity contribution in [3.63, 3.8) is 0 Å². The molecule has 0 aliphatic heterocycles. The summed E-state index contributed by atoms with van der Waals surface area (Å²) < 4.78 is 0. The molecule has 0 aliphatic carbocycles. The maximum absolute atomic E-state index is 11.6. The van der Waals surface area contributed by atoms with E-state index in [0.29, 0.717) is 13.1 Å². The van der Waals surface area contributed by atoms with Crippen molar-refractivity contribution in [3.8, 4) is 0 Å². The maximum atomic E-state index is 11.6. The molecule has 0 unspecified atom stereocenters. The summed E-state index contributed by atoms with van der Waals surface area (Å²) in [7, 11) is 0. The monoisotopic (exact) mass is 346 g/mol. The molecule has 4 amide bonds. The summed E-state index contributed by atoms with van der Waals surface area (Å²) in [5, 5.41) is 29.0. The van der Waals surface area contributed by atoms with Crippen LogP contribution in [0.15, 0.2) is 0 Å². The van der Waals surface area contributed by atoms with Crippen LogP contribution >= 0.6 is 0 Å². The van der Waals surface area contributed by atoms with Gasteiger partial charge in [0.15, 0.2) is 0 Å². The molecule has 0 saturated carbocycles. The average molecular weight is 346 g/mol. The number of unbranched alkanes of at least 4 members (excludes halogenated alkanes) is 3. The van der Waals surface area contributed by atoms with Crippen LogP contribution in [0.3, 0.4) is 0 Å². The van der Waals surface area contributed by atoms with Gasteiger partial charge in [-0.15, -0.1) is 0 Å². The fourth-order valence-electron chi connectivity index (χ4n) is 1.79. The van der Waals surface area contributed by atoms with E-state index in [4.69, 9.17) is 10.2 Å². The van der Waals surface area contributed by atoms with Gasteiger partial charge in [-0.1, -0.05) is 12.8 Å². The van der Waals surface area contributed by atoms with Crippen molar-refractivity contribution >= 4 is 12.1 Å². The normalized spacial score (nSPS) is 11.8. The summed E-state index contributed by atoms with van der Waals surface area (Å²) >= 11 is 0. The first kappa shape index (κ1) is 22.5. The standard InChI is InChI=1S/C16H34N4O4/c1-15(2,11-21)19-13(23)17-9-7-5-6-8-10-18-14(24)20-16(3,4)12-22/h21-22H,5-12H2,1-4H3,(H2,17,19,23)(H2,18,20,24). The Balaban J connectivity index is 3.55. The number of carbonyl (C=O) groups excluding carboxylic acids is 2. The molecular weight excluding hydrogens is 312 g/mol. The van der Waals surface area contributed by atoms with Crippen LogP contribution < -0.4 is 21.3 Å². The Morgan fingerprint density at radius 2 is 1.04 bits per heavy atom. The first-order valence-electron chi connectivity index (χ1n) is 8.45. The molecule has 0 fully saturated rings. The number of hydrogen-bond donors (Lipinski definition) is 6.